The standard InChI is InChI=1S/C17H20ClN3O2/c18-12-3-4-14-15(5-6-19-16(14)9-12)17(23)20-13(11-22)10-21-7-1-2-8-21/h3-6,9,13,22H,1-2,7-8,10-11H2,(H,20,23). The Morgan fingerprint density at radius 1 is 1.35 bits per heavy atom. The number of carbonyl (C=O) groups is 1. The lowest BCUT2D eigenvalue weighted by atomic mass is 10.1. The molecule has 3 rings (SSSR count). The summed E-state index contributed by atoms with van der Waals surface area (Å²) in [4.78, 5) is 19.1. The van der Waals surface area contributed by atoms with E-state index in [0.717, 1.165) is 18.5 Å². The van der Waals surface area contributed by atoms with Gasteiger partial charge >= 0.3 is 0 Å². The molecule has 1 fully saturated rings. The molecule has 1 unspecified atom stereocenters. The summed E-state index contributed by atoms with van der Waals surface area (Å²) in [5.41, 5.74) is 1.23. The number of halogens is 1. The zero-order chi connectivity index (χ0) is 16.2. The number of rotatable bonds is 5. The van der Waals surface area contributed by atoms with Crippen LogP contribution in [0.3, 0.4) is 0 Å². The van der Waals surface area contributed by atoms with E-state index in [0.29, 0.717) is 22.6 Å². The molecule has 1 aliphatic rings. The Labute approximate surface area is 140 Å². The zero-order valence-electron chi connectivity index (χ0n) is 12.8. The van der Waals surface area contributed by atoms with E-state index >= 15 is 0 Å². The fourth-order valence-corrected chi connectivity index (χ4v) is 3.17. The molecule has 6 heteroatoms. The Hall–Kier alpha value is -1.69. The Bertz CT molecular complexity index is 701. The monoisotopic (exact) mass is 333 g/mol. The van der Waals surface area contributed by atoms with Crippen molar-refractivity contribution in [2.75, 3.05) is 26.2 Å². The molecule has 2 aromatic rings. The first-order chi connectivity index (χ1) is 11.2. The summed E-state index contributed by atoms with van der Waals surface area (Å²) >= 11 is 5.97. The van der Waals surface area contributed by atoms with Crippen LogP contribution < -0.4 is 5.32 Å². The van der Waals surface area contributed by atoms with Gasteiger partial charge in [-0.15, -0.1) is 0 Å². The van der Waals surface area contributed by atoms with Crippen molar-refractivity contribution < 1.29 is 9.90 Å². The van der Waals surface area contributed by atoms with Crippen molar-refractivity contribution in [3.05, 3.63) is 41.0 Å². The van der Waals surface area contributed by atoms with E-state index in [1.807, 2.05) is 0 Å². The van der Waals surface area contributed by atoms with Gasteiger partial charge in [0.1, 0.15) is 0 Å². The second kappa shape index (κ2) is 7.25. The van der Waals surface area contributed by atoms with Crippen molar-refractivity contribution in [3.8, 4) is 0 Å². The molecular formula is C17H20ClN3O2. The highest BCUT2D eigenvalue weighted by molar-refractivity contribution is 6.31. The number of aromatic nitrogens is 1. The molecule has 2 heterocycles. The van der Waals surface area contributed by atoms with Gasteiger partial charge in [0.05, 0.1) is 23.7 Å². The third-order valence-electron chi connectivity index (χ3n) is 4.18. The maximum atomic E-state index is 12.6. The summed E-state index contributed by atoms with van der Waals surface area (Å²) in [6, 6.07) is 6.71. The molecule has 1 aliphatic heterocycles. The van der Waals surface area contributed by atoms with Gasteiger partial charge in [-0.3, -0.25) is 9.78 Å². The van der Waals surface area contributed by atoms with Gasteiger partial charge in [0.25, 0.3) is 5.91 Å². The normalized spacial score (nSPS) is 16.6. The number of aliphatic hydroxyl groups excluding tert-OH is 1. The van der Waals surface area contributed by atoms with Crippen LogP contribution >= 0.6 is 11.6 Å². The lowest BCUT2D eigenvalue weighted by molar-refractivity contribution is 0.0901. The van der Waals surface area contributed by atoms with Crippen molar-refractivity contribution >= 4 is 28.4 Å². The van der Waals surface area contributed by atoms with Crippen LogP contribution in [-0.4, -0.2) is 53.2 Å². The first kappa shape index (κ1) is 16.2. The molecule has 2 N–H and O–H groups in total. The van der Waals surface area contributed by atoms with Crippen molar-refractivity contribution in [2.45, 2.75) is 18.9 Å². The van der Waals surface area contributed by atoms with Crippen molar-refractivity contribution in [3.63, 3.8) is 0 Å². The average Bonchev–Trinajstić information content (AvgIpc) is 3.06. The van der Waals surface area contributed by atoms with Crippen LogP contribution in [0.15, 0.2) is 30.5 Å². The van der Waals surface area contributed by atoms with Crippen molar-refractivity contribution in [1.29, 1.82) is 0 Å². The predicted octanol–water partition coefficient (Wildman–Crippen LogP) is 2.07. The molecule has 0 saturated carbocycles. The zero-order valence-corrected chi connectivity index (χ0v) is 13.6. The number of nitrogens with one attached hydrogen (secondary N) is 1. The molecule has 1 aromatic heterocycles. The Morgan fingerprint density at radius 2 is 2.13 bits per heavy atom. The van der Waals surface area contributed by atoms with Gasteiger partial charge in [-0.25, -0.2) is 0 Å². The molecule has 0 spiro atoms. The molecule has 0 bridgehead atoms. The van der Waals surface area contributed by atoms with Gasteiger partial charge in [-0.1, -0.05) is 17.7 Å². The van der Waals surface area contributed by atoms with Crippen LogP contribution in [-0.2, 0) is 0 Å². The minimum atomic E-state index is -0.267. The van der Waals surface area contributed by atoms with E-state index in [-0.39, 0.29) is 18.6 Å². The molecule has 122 valence electrons. The molecule has 5 nitrogen and oxygen atoms in total. The summed E-state index contributed by atoms with van der Waals surface area (Å²) in [6.45, 7) is 2.67. The summed E-state index contributed by atoms with van der Waals surface area (Å²) in [5.74, 6) is -0.196. The molecule has 23 heavy (non-hydrogen) atoms. The van der Waals surface area contributed by atoms with Gasteiger partial charge in [-0.2, -0.15) is 0 Å². The van der Waals surface area contributed by atoms with E-state index in [1.165, 1.54) is 12.8 Å². The number of fused-ring (bicyclic) bond motifs is 1. The topological polar surface area (TPSA) is 65.5 Å². The molecular weight excluding hydrogens is 314 g/mol. The predicted molar refractivity (Wildman–Crippen MR) is 90.8 cm³/mol. The Kier molecular flexibility index (Phi) is 5.10. The second-order valence-electron chi connectivity index (χ2n) is 5.88. The van der Waals surface area contributed by atoms with Crippen LogP contribution in [0, 0.1) is 0 Å². The Morgan fingerprint density at radius 3 is 2.87 bits per heavy atom. The summed E-state index contributed by atoms with van der Waals surface area (Å²) in [7, 11) is 0. The van der Waals surface area contributed by atoms with Gasteiger partial charge < -0.3 is 15.3 Å². The van der Waals surface area contributed by atoms with E-state index in [2.05, 4.69) is 15.2 Å². The summed E-state index contributed by atoms with van der Waals surface area (Å²) < 4.78 is 0. The first-order valence-corrected chi connectivity index (χ1v) is 8.23. The van der Waals surface area contributed by atoms with Crippen LogP contribution in [0.25, 0.3) is 10.9 Å². The van der Waals surface area contributed by atoms with E-state index in [4.69, 9.17) is 11.6 Å². The van der Waals surface area contributed by atoms with Gasteiger partial charge in [-0.05, 0) is 44.1 Å². The minimum Gasteiger partial charge on any atom is -0.394 e. The number of hydrogen-bond donors (Lipinski definition) is 2. The number of carbonyl (C=O) groups excluding carboxylic acids is 1. The molecule has 1 atom stereocenters. The highest BCUT2D eigenvalue weighted by Crippen LogP contribution is 2.21. The largest absolute Gasteiger partial charge is 0.394 e. The number of nitrogens with zero attached hydrogens (tertiary/aromatic N) is 2. The van der Waals surface area contributed by atoms with Gasteiger partial charge in [0, 0.05) is 23.2 Å². The fraction of sp³-hybridized carbons (Fsp3) is 0.412. The number of amides is 1. The van der Waals surface area contributed by atoms with Gasteiger partial charge in [0.2, 0.25) is 0 Å². The summed E-state index contributed by atoms with van der Waals surface area (Å²) in [5, 5.41) is 13.8. The van der Waals surface area contributed by atoms with Crippen LogP contribution in [0.4, 0.5) is 0 Å². The molecule has 0 radical (unpaired) electrons. The van der Waals surface area contributed by atoms with Crippen LogP contribution in [0.5, 0.6) is 0 Å². The summed E-state index contributed by atoms with van der Waals surface area (Å²) in [6.07, 6.45) is 3.96. The maximum absolute atomic E-state index is 12.6. The third kappa shape index (κ3) is 3.80. The fourth-order valence-electron chi connectivity index (χ4n) is 3.01. The second-order valence-corrected chi connectivity index (χ2v) is 6.32. The van der Waals surface area contributed by atoms with E-state index < -0.39 is 0 Å². The SMILES string of the molecule is O=C(NC(CO)CN1CCCC1)c1ccnc2cc(Cl)ccc12. The van der Waals surface area contributed by atoms with E-state index in [1.54, 1.807) is 30.5 Å². The highest BCUT2D eigenvalue weighted by Gasteiger charge is 2.20. The molecule has 1 aromatic carbocycles. The number of pyridine rings is 1. The molecule has 0 aliphatic carbocycles. The maximum Gasteiger partial charge on any atom is 0.252 e. The third-order valence-corrected chi connectivity index (χ3v) is 4.42. The number of likely N-dealkylation sites (tertiary alicyclic amines) is 1. The Balaban J connectivity index is 1.76. The van der Waals surface area contributed by atoms with Crippen molar-refractivity contribution in [2.24, 2.45) is 0 Å². The highest BCUT2D eigenvalue weighted by atomic mass is 35.5. The van der Waals surface area contributed by atoms with E-state index in [9.17, 15) is 9.90 Å². The van der Waals surface area contributed by atoms with Gasteiger partial charge in [0.15, 0.2) is 0 Å². The lowest BCUT2D eigenvalue weighted by Gasteiger charge is -2.23. The smallest absolute Gasteiger partial charge is 0.252 e. The quantitative estimate of drug-likeness (QED) is 0.879. The molecule has 1 amide bonds. The average molecular weight is 334 g/mol. The first-order valence-electron chi connectivity index (χ1n) is 7.86. The lowest BCUT2D eigenvalue weighted by Crippen LogP contribution is -2.45. The molecule has 1 saturated heterocycles. The number of aliphatic hydroxyl groups is 1. The van der Waals surface area contributed by atoms with Crippen LogP contribution in [0.1, 0.15) is 23.2 Å². The minimum absolute atomic E-state index is 0.0723. The number of hydrogen-bond acceptors (Lipinski definition) is 4. The van der Waals surface area contributed by atoms with Crippen molar-refractivity contribution in [1.82, 2.24) is 15.2 Å². The van der Waals surface area contributed by atoms with Crippen LogP contribution in [0.2, 0.25) is 5.02 Å². The number of benzene rings is 1.